The number of carbonyl (C=O) groups excluding carboxylic acids is 1. The van der Waals surface area contributed by atoms with Gasteiger partial charge < -0.3 is 4.74 Å². The molecular formula is C15H26O2. The minimum atomic E-state index is 0.211. The van der Waals surface area contributed by atoms with Gasteiger partial charge in [0.05, 0.1) is 12.2 Å². The molecule has 2 heteroatoms. The predicted octanol–water partition coefficient (Wildman–Crippen LogP) is 3.73. The molecule has 3 unspecified atom stereocenters. The van der Waals surface area contributed by atoms with Gasteiger partial charge in [-0.2, -0.15) is 0 Å². The van der Waals surface area contributed by atoms with Crippen molar-refractivity contribution in [3.05, 3.63) is 0 Å². The van der Waals surface area contributed by atoms with E-state index in [0.717, 1.165) is 31.6 Å². The van der Waals surface area contributed by atoms with E-state index in [1.54, 1.807) is 0 Å². The summed E-state index contributed by atoms with van der Waals surface area (Å²) in [4.78, 5) is 11.4. The van der Waals surface area contributed by atoms with Crippen molar-refractivity contribution in [3.8, 4) is 0 Å². The van der Waals surface area contributed by atoms with Crippen LogP contribution in [0.2, 0.25) is 0 Å². The van der Waals surface area contributed by atoms with Crippen molar-refractivity contribution in [1.82, 2.24) is 0 Å². The summed E-state index contributed by atoms with van der Waals surface area (Å²) in [6.07, 6.45) is 7.75. The van der Waals surface area contributed by atoms with Gasteiger partial charge in [-0.25, -0.2) is 0 Å². The van der Waals surface area contributed by atoms with E-state index < -0.39 is 0 Å². The van der Waals surface area contributed by atoms with Crippen molar-refractivity contribution < 1.29 is 9.53 Å². The number of hydrogen-bond donors (Lipinski definition) is 0. The number of hydrogen-bond acceptors (Lipinski definition) is 2. The highest BCUT2D eigenvalue weighted by atomic mass is 16.5. The number of ether oxygens (including phenoxy) is 1. The van der Waals surface area contributed by atoms with Gasteiger partial charge in [0.25, 0.3) is 0 Å². The molecule has 0 heterocycles. The Labute approximate surface area is 105 Å². The van der Waals surface area contributed by atoms with Crippen LogP contribution in [0.5, 0.6) is 0 Å². The van der Waals surface area contributed by atoms with E-state index in [4.69, 9.17) is 4.74 Å². The van der Waals surface area contributed by atoms with E-state index >= 15 is 0 Å². The molecule has 0 bridgehead atoms. The molecule has 0 saturated heterocycles. The van der Waals surface area contributed by atoms with Crippen LogP contribution in [-0.4, -0.2) is 18.0 Å². The summed E-state index contributed by atoms with van der Waals surface area (Å²) < 4.78 is 6.19. The Balaban J connectivity index is 1.87. The zero-order valence-electron chi connectivity index (χ0n) is 11.5. The molecule has 2 nitrogen and oxygen atoms in total. The van der Waals surface area contributed by atoms with Gasteiger partial charge >= 0.3 is 0 Å². The lowest BCUT2D eigenvalue weighted by Gasteiger charge is -2.40. The summed E-state index contributed by atoms with van der Waals surface area (Å²) in [7, 11) is 0. The van der Waals surface area contributed by atoms with Crippen LogP contribution in [-0.2, 0) is 9.53 Å². The van der Waals surface area contributed by atoms with Crippen LogP contribution in [0.4, 0.5) is 0 Å². The minimum absolute atomic E-state index is 0.211. The normalized spacial score (nSPS) is 38.1. The van der Waals surface area contributed by atoms with Crippen LogP contribution >= 0.6 is 0 Å². The van der Waals surface area contributed by atoms with Crippen molar-refractivity contribution in [1.29, 1.82) is 0 Å². The molecular weight excluding hydrogens is 212 g/mol. The van der Waals surface area contributed by atoms with Crippen molar-refractivity contribution in [2.24, 2.45) is 11.3 Å². The zero-order chi connectivity index (χ0) is 12.5. The lowest BCUT2D eigenvalue weighted by molar-refractivity contribution is -0.129. The fourth-order valence-corrected chi connectivity index (χ4v) is 3.74. The Morgan fingerprint density at radius 3 is 2.65 bits per heavy atom. The van der Waals surface area contributed by atoms with E-state index in [1.807, 2.05) is 0 Å². The molecule has 0 spiro atoms. The second-order valence-electron chi connectivity index (χ2n) is 6.93. The number of ketones is 1. The van der Waals surface area contributed by atoms with Gasteiger partial charge in [-0.3, -0.25) is 4.79 Å². The van der Waals surface area contributed by atoms with E-state index in [1.165, 1.54) is 12.8 Å². The van der Waals surface area contributed by atoms with E-state index in [2.05, 4.69) is 20.8 Å². The van der Waals surface area contributed by atoms with Gasteiger partial charge in [0, 0.05) is 12.8 Å². The Hall–Kier alpha value is -0.370. The molecule has 0 aromatic carbocycles. The second-order valence-corrected chi connectivity index (χ2v) is 6.93. The highest BCUT2D eigenvalue weighted by molar-refractivity contribution is 5.79. The van der Waals surface area contributed by atoms with E-state index in [0.29, 0.717) is 23.7 Å². The zero-order valence-corrected chi connectivity index (χ0v) is 11.5. The summed E-state index contributed by atoms with van der Waals surface area (Å²) in [5.74, 6) is 1.15. The van der Waals surface area contributed by atoms with Gasteiger partial charge in [-0.15, -0.1) is 0 Å². The third-order valence-corrected chi connectivity index (χ3v) is 4.17. The highest BCUT2D eigenvalue weighted by Crippen LogP contribution is 2.40. The predicted molar refractivity (Wildman–Crippen MR) is 68.9 cm³/mol. The Bertz CT molecular complexity index is 283. The molecule has 2 aliphatic rings. The fourth-order valence-electron chi connectivity index (χ4n) is 3.74. The summed E-state index contributed by atoms with van der Waals surface area (Å²) in [6.45, 7) is 7.00. The smallest absolute Gasteiger partial charge is 0.135 e. The summed E-state index contributed by atoms with van der Waals surface area (Å²) >= 11 is 0. The molecule has 3 atom stereocenters. The molecule has 0 N–H and O–H groups in total. The van der Waals surface area contributed by atoms with E-state index in [9.17, 15) is 4.79 Å². The lowest BCUT2D eigenvalue weighted by atomic mass is 9.71. The molecule has 0 radical (unpaired) electrons. The molecule has 98 valence electrons. The lowest BCUT2D eigenvalue weighted by Crippen LogP contribution is -2.36. The van der Waals surface area contributed by atoms with Crippen LogP contribution in [0, 0.1) is 11.3 Å². The molecule has 0 amide bonds. The van der Waals surface area contributed by atoms with Crippen molar-refractivity contribution in [2.45, 2.75) is 77.9 Å². The Kier molecular flexibility index (Phi) is 3.92. The number of rotatable bonds is 2. The average Bonchev–Trinajstić information content (AvgIpc) is 2.13. The van der Waals surface area contributed by atoms with Crippen LogP contribution < -0.4 is 0 Å². The molecule has 0 aliphatic heterocycles. The number of Topliss-reactive ketones (excluding diaryl/α,β-unsaturated/α-hetero) is 1. The van der Waals surface area contributed by atoms with Crippen molar-refractivity contribution >= 4 is 5.78 Å². The molecule has 2 aliphatic carbocycles. The van der Waals surface area contributed by atoms with Gasteiger partial charge in [-0.05, 0) is 43.4 Å². The molecule has 0 aromatic heterocycles. The SMILES string of the molecule is CC1CC(OC2CCCC(=O)C2)CC(C)(C)C1. The maximum atomic E-state index is 11.4. The van der Waals surface area contributed by atoms with Crippen LogP contribution in [0.3, 0.4) is 0 Å². The minimum Gasteiger partial charge on any atom is -0.375 e. The van der Waals surface area contributed by atoms with Gasteiger partial charge in [0.15, 0.2) is 0 Å². The third kappa shape index (κ3) is 3.80. The topological polar surface area (TPSA) is 26.3 Å². The summed E-state index contributed by atoms with van der Waals surface area (Å²) in [6, 6.07) is 0. The first kappa shape index (κ1) is 13.1. The average molecular weight is 238 g/mol. The second kappa shape index (κ2) is 5.09. The Morgan fingerprint density at radius 2 is 2.00 bits per heavy atom. The molecule has 2 saturated carbocycles. The first-order valence-electron chi connectivity index (χ1n) is 7.12. The summed E-state index contributed by atoms with van der Waals surface area (Å²) in [5.41, 5.74) is 0.404. The maximum Gasteiger partial charge on any atom is 0.135 e. The highest BCUT2D eigenvalue weighted by Gasteiger charge is 2.34. The van der Waals surface area contributed by atoms with Crippen LogP contribution in [0.1, 0.15) is 65.7 Å². The quantitative estimate of drug-likeness (QED) is 0.732. The molecule has 17 heavy (non-hydrogen) atoms. The monoisotopic (exact) mass is 238 g/mol. The molecule has 2 rings (SSSR count). The van der Waals surface area contributed by atoms with Gasteiger partial charge in [0.2, 0.25) is 0 Å². The van der Waals surface area contributed by atoms with E-state index in [-0.39, 0.29) is 6.10 Å². The Morgan fingerprint density at radius 1 is 1.24 bits per heavy atom. The van der Waals surface area contributed by atoms with Gasteiger partial charge in [0.1, 0.15) is 5.78 Å². The standard InChI is InChI=1S/C15H26O2/c1-11-7-14(10-15(2,3)9-11)17-13-6-4-5-12(16)8-13/h11,13-14H,4-10H2,1-3H3. The largest absolute Gasteiger partial charge is 0.375 e. The van der Waals surface area contributed by atoms with Gasteiger partial charge in [-0.1, -0.05) is 20.8 Å². The molecule has 0 aromatic rings. The fraction of sp³-hybridized carbons (Fsp3) is 0.933. The number of carbonyl (C=O) groups is 1. The van der Waals surface area contributed by atoms with Crippen molar-refractivity contribution in [2.75, 3.05) is 0 Å². The van der Waals surface area contributed by atoms with Crippen LogP contribution in [0.15, 0.2) is 0 Å². The maximum absolute atomic E-state index is 11.4. The van der Waals surface area contributed by atoms with Crippen molar-refractivity contribution in [3.63, 3.8) is 0 Å². The van der Waals surface area contributed by atoms with Crippen LogP contribution in [0.25, 0.3) is 0 Å². The molecule has 2 fully saturated rings. The first-order chi connectivity index (χ1) is 7.94. The summed E-state index contributed by atoms with van der Waals surface area (Å²) in [5, 5.41) is 0. The third-order valence-electron chi connectivity index (χ3n) is 4.17. The first-order valence-corrected chi connectivity index (χ1v) is 7.12.